The van der Waals surface area contributed by atoms with E-state index in [-0.39, 0.29) is 12.8 Å². The van der Waals surface area contributed by atoms with Gasteiger partial charge in [-0.1, -0.05) is 6.07 Å². The molecule has 4 heteroatoms. The first kappa shape index (κ1) is 10.6. The summed E-state index contributed by atoms with van der Waals surface area (Å²) in [7, 11) is 1.57. The first-order chi connectivity index (χ1) is 8.19. The molecule has 3 rings (SSSR count). The van der Waals surface area contributed by atoms with E-state index in [1.165, 1.54) is 0 Å². The summed E-state index contributed by atoms with van der Waals surface area (Å²) < 4.78 is 15.8. The topological polar surface area (TPSA) is 44.8 Å². The summed E-state index contributed by atoms with van der Waals surface area (Å²) in [5.74, 6) is 1.25. The van der Waals surface area contributed by atoms with Crippen molar-refractivity contribution in [1.29, 1.82) is 0 Å². The number of aryl methyl sites for hydroxylation is 1. The highest BCUT2D eigenvalue weighted by atomic mass is 16.7. The van der Waals surface area contributed by atoms with Crippen LogP contribution >= 0.6 is 0 Å². The van der Waals surface area contributed by atoms with Crippen molar-refractivity contribution in [2.24, 2.45) is 0 Å². The summed E-state index contributed by atoms with van der Waals surface area (Å²) in [6.45, 7) is 2.12. The van der Waals surface area contributed by atoms with Crippen LogP contribution in [0, 0.1) is 6.92 Å². The lowest BCUT2D eigenvalue weighted by Crippen LogP contribution is -2.17. The number of hydrogen-bond donors (Lipinski definition) is 0. The Morgan fingerprint density at radius 1 is 1.41 bits per heavy atom. The third kappa shape index (κ3) is 1.37. The molecule has 0 N–H and O–H groups in total. The number of ether oxygens (including phenoxy) is 3. The largest absolute Gasteiger partial charge is 0.467 e. The van der Waals surface area contributed by atoms with Gasteiger partial charge in [0.1, 0.15) is 16.9 Å². The SMILES string of the molecule is COCOc1ccc(C)c2c1C1(CC1)C(=O)O2. The maximum Gasteiger partial charge on any atom is 0.322 e. The molecule has 17 heavy (non-hydrogen) atoms. The number of methoxy groups -OCH3 is 1. The zero-order valence-corrected chi connectivity index (χ0v) is 9.91. The van der Waals surface area contributed by atoms with Crippen molar-refractivity contribution in [3.63, 3.8) is 0 Å². The van der Waals surface area contributed by atoms with Gasteiger partial charge in [0.25, 0.3) is 0 Å². The second-order valence-corrected chi connectivity index (χ2v) is 4.61. The molecule has 0 amide bonds. The van der Waals surface area contributed by atoms with Crippen LogP contribution in [-0.2, 0) is 14.9 Å². The van der Waals surface area contributed by atoms with E-state index in [0.717, 1.165) is 24.0 Å². The van der Waals surface area contributed by atoms with Gasteiger partial charge in [0.2, 0.25) is 0 Å². The Morgan fingerprint density at radius 3 is 2.82 bits per heavy atom. The second-order valence-electron chi connectivity index (χ2n) is 4.61. The fourth-order valence-corrected chi connectivity index (χ4v) is 2.37. The van der Waals surface area contributed by atoms with E-state index in [4.69, 9.17) is 14.2 Å². The van der Waals surface area contributed by atoms with E-state index in [1.807, 2.05) is 19.1 Å². The Balaban J connectivity index is 2.09. The molecule has 1 aliphatic carbocycles. The minimum absolute atomic E-state index is 0.135. The highest BCUT2D eigenvalue weighted by Crippen LogP contribution is 2.59. The van der Waals surface area contributed by atoms with Crippen LogP contribution in [0.5, 0.6) is 11.5 Å². The first-order valence-corrected chi connectivity index (χ1v) is 5.67. The smallest absolute Gasteiger partial charge is 0.322 e. The number of esters is 1. The Labute approximate surface area is 99.5 Å². The normalized spacial score (nSPS) is 19.1. The van der Waals surface area contributed by atoms with Gasteiger partial charge in [-0.2, -0.15) is 0 Å². The van der Waals surface area contributed by atoms with Gasteiger partial charge in [0.05, 0.1) is 5.56 Å². The first-order valence-electron chi connectivity index (χ1n) is 5.67. The summed E-state index contributed by atoms with van der Waals surface area (Å²) in [6.07, 6.45) is 1.71. The summed E-state index contributed by atoms with van der Waals surface area (Å²) in [5, 5.41) is 0. The average molecular weight is 234 g/mol. The van der Waals surface area contributed by atoms with Crippen LogP contribution in [0.15, 0.2) is 12.1 Å². The molecule has 1 saturated carbocycles. The van der Waals surface area contributed by atoms with E-state index in [0.29, 0.717) is 11.5 Å². The molecule has 0 radical (unpaired) electrons. The zero-order chi connectivity index (χ0) is 12.0. The number of hydrogen-bond acceptors (Lipinski definition) is 4. The molecule has 1 aromatic carbocycles. The Morgan fingerprint density at radius 2 is 2.18 bits per heavy atom. The number of carbonyl (C=O) groups is 1. The highest BCUT2D eigenvalue weighted by molar-refractivity contribution is 5.95. The molecular weight excluding hydrogens is 220 g/mol. The molecular formula is C13H14O4. The van der Waals surface area contributed by atoms with Gasteiger partial charge in [-0.3, -0.25) is 4.79 Å². The van der Waals surface area contributed by atoms with Crippen molar-refractivity contribution in [2.45, 2.75) is 25.2 Å². The van der Waals surface area contributed by atoms with Crippen LogP contribution in [0.2, 0.25) is 0 Å². The lowest BCUT2D eigenvalue weighted by Gasteiger charge is -2.12. The predicted octanol–water partition coefficient (Wildman–Crippen LogP) is 1.93. The van der Waals surface area contributed by atoms with Crippen LogP contribution in [0.3, 0.4) is 0 Å². The van der Waals surface area contributed by atoms with E-state index < -0.39 is 5.41 Å². The van der Waals surface area contributed by atoms with Gasteiger partial charge < -0.3 is 14.2 Å². The van der Waals surface area contributed by atoms with Gasteiger partial charge in [-0.05, 0) is 31.4 Å². The zero-order valence-electron chi connectivity index (χ0n) is 9.91. The van der Waals surface area contributed by atoms with Crippen molar-refractivity contribution < 1.29 is 19.0 Å². The number of fused-ring (bicyclic) bond motifs is 2. The van der Waals surface area contributed by atoms with Crippen LogP contribution in [0.4, 0.5) is 0 Å². The van der Waals surface area contributed by atoms with Crippen LogP contribution < -0.4 is 9.47 Å². The summed E-state index contributed by atoms with van der Waals surface area (Å²) in [5.41, 5.74) is 1.46. The molecule has 1 aromatic rings. The average Bonchev–Trinajstić information content (AvgIpc) is 3.05. The maximum absolute atomic E-state index is 11.9. The van der Waals surface area contributed by atoms with Crippen molar-refractivity contribution in [3.8, 4) is 11.5 Å². The minimum atomic E-state index is -0.426. The highest BCUT2D eigenvalue weighted by Gasteiger charge is 2.60. The van der Waals surface area contributed by atoms with Crippen LogP contribution in [0.1, 0.15) is 24.0 Å². The molecule has 90 valence electrons. The molecule has 0 unspecified atom stereocenters. The maximum atomic E-state index is 11.9. The van der Waals surface area contributed by atoms with Crippen LogP contribution in [-0.4, -0.2) is 19.9 Å². The van der Waals surface area contributed by atoms with Gasteiger partial charge in [-0.15, -0.1) is 0 Å². The van der Waals surface area contributed by atoms with Crippen molar-refractivity contribution in [3.05, 3.63) is 23.3 Å². The van der Waals surface area contributed by atoms with Gasteiger partial charge in [0.15, 0.2) is 6.79 Å². The number of carbonyl (C=O) groups excluding carboxylic acids is 1. The summed E-state index contributed by atoms with van der Waals surface area (Å²) in [6, 6.07) is 3.79. The van der Waals surface area contributed by atoms with Crippen molar-refractivity contribution in [1.82, 2.24) is 0 Å². The van der Waals surface area contributed by atoms with Gasteiger partial charge >= 0.3 is 5.97 Å². The molecule has 1 aliphatic heterocycles. The monoisotopic (exact) mass is 234 g/mol. The molecule has 0 atom stereocenters. The second kappa shape index (κ2) is 3.47. The Kier molecular flexibility index (Phi) is 2.16. The van der Waals surface area contributed by atoms with E-state index in [1.54, 1.807) is 7.11 Å². The van der Waals surface area contributed by atoms with Gasteiger partial charge in [-0.25, -0.2) is 0 Å². The van der Waals surface area contributed by atoms with E-state index >= 15 is 0 Å². The molecule has 0 bridgehead atoms. The molecule has 4 nitrogen and oxygen atoms in total. The number of benzene rings is 1. The molecule has 1 fully saturated rings. The third-order valence-electron chi connectivity index (χ3n) is 3.46. The van der Waals surface area contributed by atoms with E-state index in [2.05, 4.69) is 0 Å². The number of rotatable bonds is 3. The fourth-order valence-electron chi connectivity index (χ4n) is 2.37. The Hall–Kier alpha value is -1.55. The summed E-state index contributed by atoms with van der Waals surface area (Å²) >= 11 is 0. The van der Waals surface area contributed by atoms with Crippen molar-refractivity contribution in [2.75, 3.05) is 13.9 Å². The third-order valence-corrected chi connectivity index (χ3v) is 3.46. The van der Waals surface area contributed by atoms with E-state index in [9.17, 15) is 4.79 Å². The standard InChI is InChI=1S/C13H14O4/c1-8-3-4-9(16-7-15-2)10-11(8)17-12(14)13(10)5-6-13/h3-4H,5-7H2,1-2H3. The van der Waals surface area contributed by atoms with Gasteiger partial charge in [0, 0.05) is 7.11 Å². The van der Waals surface area contributed by atoms with Crippen molar-refractivity contribution >= 4 is 5.97 Å². The quantitative estimate of drug-likeness (QED) is 0.455. The molecule has 0 saturated heterocycles. The molecule has 1 heterocycles. The van der Waals surface area contributed by atoms with Crippen LogP contribution in [0.25, 0.3) is 0 Å². The fraction of sp³-hybridized carbons (Fsp3) is 0.462. The lowest BCUT2D eigenvalue weighted by molar-refractivity contribution is -0.135. The minimum Gasteiger partial charge on any atom is -0.467 e. The lowest BCUT2D eigenvalue weighted by atomic mass is 9.95. The molecule has 1 spiro atoms. The molecule has 2 aliphatic rings. The Bertz CT molecular complexity index is 488. The summed E-state index contributed by atoms with van der Waals surface area (Å²) in [4.78, 5) is 11.9. The predicted molar refractivity (Wildman–Crippen MR) is 60.2 cm³/mol. The molecule has 0 aromatic heterocycles.